The zero-order valence-electron chi connectivity index (χ0n) is 19.2. The first-order valence-corrected chi connectivity index (χ1v) is 11.8. The first-order chi connectivity index (χ1) is 16.7. The van der Waals surface area contributed by atoms with E-state index < -0.39 is 17.8 Å². The Hall–Kier alpha value is -2.98. The molecular formula is C24H29ClF3N5O2. The summed E-state index contributed by atoms with van der Waals surface area (Å²) in [6, 6.07) is 10.4. The topological polar surface area (TPSA) is 76.7 Å². The smallest absolute Gasteiger partial charge is 0.338 e. The Kier molecular flexibility index (Phi) is 9.62. The van der Waals surface area contributed by atoms with Crippen molar-refractivity contribution in [3.8, 4) is 0 Å². The lowest BCUT2D eigenvalue weighted by Crippen LogP contribution is -2.42. The van der Waals surface area contributed by atoms with E-state index in [0.29, 0.717) is 43.3 Å². The molecule has 0 spiro atoms. The molecule has 1 aliphatic rings. The normalized spacial score (nSPS) is 13.9. The van der Waals surface area contributed by atoms with Crippen LogP contribution in [0.15, 0.2) is 48.5 Å². The summed E-state index contributed by atoms with van der Waals surface area (Å²) >= 11 is 5.91. The molecule has 0 aliphatic carbocycles. The SMILES string of the molecule is O=C(NCCCN(CCN1CCCC1)C(=O)Nc1ccc(C(F)(F)F)cc1)Nc1cccc(Cl)c1. The highest BCUT2D eigenvalue weighted by Gasteiger charge is 2.30. The van der Waals surface area contributed by atoms with Crippen molar-refractivity contribution in [3.05, 3.63) is 59.1 Å². The number of carbonyl (C=O) groups is 2. The Bertz CT molecular complexity index is 982. The van der Waals surface area contributed by atoms with Crippen LogP contribution in [-0.4, -0.2) is 61.1 Å². The predicted molar refractivity (Wildman–Crippen MR) is 131 cm³/mol. The van der Waals surface area contributed by atoms with Crippen molar-refractivity contribution in [2.45, 2.75) is 25.4 Å². The van der Waals surface area contributed by atoms with E-state index in [9.17, 15) is 22.8 Å². The molecule has 0 aromatic heterocycles. The van der Waals surface area contributed by atoms with E-state index in [0.717, 1.165) is 38.1 Å². The number of urea groups is 2. The minimum absolute atomic E-state index is 0.285. The summed E-state index contributed by atoms with van der Waals surface area (Å²) in [7, 11) is 0. The lowest BCUT2D eigenvalue weighted by Gasteiger charge is -2.26. The molecule has 0 saturated carbocycles. The highest BCUT2D eigenvalue weighted by atomic mass is 35.5. The minimum atomic E-state index is -4.43. The van der Waals surface area contributed by atoms with Gasteiger partial charge < -0.3 is 25.8 Å². The van der Waals surface area contributed by atoms with E-state index >= 15 is 0 Å². The second kappa shape index (κ2) is 12.6. The Morgan fingerprint density at radius 2 is 1.69 bits per heavy atom. The Morgan fingerprint density at radius 3 is 2.34 bits per heavy atom. The molecule has 0 bridgehead atoms. The number of alkyl halides is 3. The number of amides is 4. The van der Waals surface area contributed by atoms with Crippen LogP contribution in [-0.2, 0) is 6.18 Å². The molecule has 0 radical (unpaired) electrons. The van der Waals surface area contributed by atoms with Crippen LogP contribution in [0.5, 0.6) is 0 Å². The van der Waals surface area contributed by atoms with Crippen LogP contribution in [0.4, 0.5) is 34.1 Å². The molecule has 1 heterocycles. The average molecular weight is 512 g/mol. The average Bonchev–Trinajstić information content (AvgIpc) is 3.32. The van der Waals surface area contributed by atoms with E-state index in [4.69, 9.17) is 11.6 Å². The van der Waals surface area contributed by atoms with E-state index in [2.05, 4.69) is 20.9 Å². The van der Waals surface area contributed by atoms with Gasteiger partial charge in [0.2, 0.25) is 0 Å². The number of nitrogens with zero attached hydrogens (tertiary/aromatic N) is 2. The van der Waals surface area contributed by atoms with Crippen molar-refractivity contribution in [1.29, 1.82) is 0 Å². The van der Waals surface area contributed by atoms with Crippen molar-refractivity contribution in [2.75, 3.05) is 49.9 Å². The van der Waals surface area contributed by atoms with Crippen LogP contribution in [0.3, 0.4) is 0 Å². The standard InChI is InChI=1S/C24H29ClF3N5O2/c25-19-5-3-6-21(17-19)30-22(34)29-11-4-14-33(16-15-32-12-1-2-13-32)23(35)31-20-9-7-18(8-10-20)24(26,27)28/h3,5-10,17H,1-2,4,11-16H2,(H,31,35)(H2,29,30,34). The van der Waals surface area contributed by atoms with E-state index in [1.54, 1.807) is 29.2 Å². The molecule has 7 nitrogen and oxygen atoms in total. The number of hydrogen-bond donors (Lipinski definition) is 3. The van der Waals surface area contributed by atoms with Crippen LogP contribution in [0.2, 0.25) is 5.02 Å². The van der Waals surface area contributed by atoms with Crippen LogP contribution in [0.25, 0.3) is 0 Å². The number of anilines is 2. The van der Waals surface area contributed by atoms with E-state index in [1.165, 1.54) is 12.1 Å². The van der Waals surface area contributed by atoms with Gasteiger partial charge in [0.1, 0.15) is 0 Å². The molecule has 1 saturated heterocycles. The monoisotopic (exact) mass is 511 g/mol. The van der Waals surface area contributed by atoms with Crippen molar-refractivity contribution in [2.24, 2.45) is 0 Å². The van der Waals surface area contributed by atoms with Gasteiger partial charge in [0.25, 0.3) is 0 Å². The van der Waals surface area contributed by atoms with Gasteiger partial charge in [-0.05, 0) is 74.8 Å². The van der Waals surface area contributed by atoms with Gasteiger partial charge in [-0.25, -0.2) is 9.59 Å². The van der Waals surface area contributed by atoms with Crippen LogP contribution < -0.4 is 16.0 Å². The maximum absolute atomic E-state index is 12.9. The summed E-state index contributed by atoms with van der Waals surface area (Å²) in [6.45, 7) is 3.86. The zero-order valence-corrected chi connectivity index (χ0v) is 20.0. The Balaban J connectivity index is 1.50. The van der Waals surface area contributed by atoms with Gasteiger partial charge in [0.15, 0.2) is 0 Å². The van der Waals surface area contributed by atoms with Gasteiger partial charge in [-0.3, -0.25) is 0 Å². The summed E-state index contributed by atoms with van der Waals surface area (Å²) in [5.41, 5.74) is 0.0786. The fraction of sp³-hybridized carbons (Fsp3) is 0.417. The van der Waals surface area contributed by atoms with Crippen molar-refractivity contribution >= 4 is 35.0 Å². The molecule has 1 fully saturated rings. The van der Waals surface area contributed by atoms with Gasteiger partial charge >= 0.3 is 18.2 Å². The van der Waals surface area contributed by atoms with Crippen molar-refractivity contribution < 1.29 is 22.8 Å². The lowest BCUT2D eigenvalue weighted by atomic mass is 10.2. The summed E-state index contributed by atoms with van der Waals surface area (Å²) in [4.78, 5) is 28.8. The fourth-order valence-electron chi connectivity index (χ4n) is 3.74. The number of hydrogen-bond acceptors (Lipinski definition) is 3. The summed E-state index contributed by atoms with van der Waals surface area (Å²) < 4.78 is 38.4. The Morgan fingerprint density at radius 1 is 0.971 bits per heavy atom. The van der Waals surface area contributed by atoms with Crippen molar-refractivity contribution in [1.82, 2.24) is 15.1 Å². The molecule has 4 amide bonds. The molecule has 35 heavy (non-hydrogen) atoms. The number of carbonyl (C=O) groups excluding carboxylic acids is 2. The highest BCUT2D eigenvalue weighted by Crippen LogP contribution is 2.29. The van der Waals surface area contributed by atoms with Gasteiger partial charge in [-0.2, -0.15) is 13.2 Å². The number of likely N-dealkylation sites (tertiary alicyclic amines) is 1. The summed E-state index contributed by atoms with van der Waals surface area (Å²) in [5, 5.41) is 8.62. The maximum Gasteiger partial charge on any atom is 0.416 e. The predicted octanol–water partition coefficient (Wildman–Crippen LogP) is 5.50. The minimum Gasteiger partial charge on any atom is -0.338 e. The van der Waals surface area contributed by atoms with E-state index in [-0.39, 0.29) is 11.7 Å². The fourth-order valence-corrected chi connectivity index (χ4v) is 3.93. The first kappa shape index (κ1) is 26.6. The molecule has 2 aromatic rings. The molecule has 11 heteroatoms. The molecule has 3 N–H and O–H groups in total. The highest BCUT2D eigenvalue weighted by molar-refractivity contribution is 6.30. The number of benzene rings is 2. The van der Waals surface area contributed by atoms with Gasteiger partial charge in [-0.1, -0.05) is 17.7 Å². The third-order valence-electron chi connectivity index (χ3n) is 5.61. The van der Waals surface area contributed by atoms with E-state index in [1.807, 2.05) is 0 Å². The molecular weight excluding hydrogens is 483 g/mol. The first-order valence-electron chi connectivity index (χ1n) is 11.5. The second-order valence-corrected chi connectivity index (χ2v) is 8.72. The van der Waals surface area contributed by atoms with Gasteiger partial charge in [0.05, 0.1) is 5.56 Å². The summed E-state index contributed by atoms with van der Waals surface area (Å²) in [5.74, 6) is 0. The van der Waals surface area contributed by atoms with Crippen LogP contribution in [0, 0.1) is 0 Å². The second-order valence-electron chi connectivity index (χ2n) is 8.29. The van der Waals surface area contributed by atoms with Crippen LogP contribution >= 0.6 is 11.6 Å². The quantitative estimate of drug-likeness (QED) is 0.389. The largest absolute Gasteiger partial charge is 0.416 e. The molecule has 0 unspecified atom stereocenters. The number of halogens is 4. The Labute approximate surface area is 207 Å². The zero-order chi connectivity index (χ0) is 25.3. The number of rotatable bonds is 9. The lowest BCUT2D eigenvalue weighted by molar-refractivity contribution is -0.137. The van der Waals surface area contributed by atoms with Gasteiger partial charge in [-0.15, -0.1) is 0 Å². The van der Waals surface area contributed by atoms with Gasteiger partial charge in [0, 0.05) is 42.6 Å². The molecule has 1 aliphatic heterocycles. The molecule has 190 valence electrons. The molecule has 3 rings (SSSR count). The number of nitrogens with one attached hydrogen (secondary N) is 3. The molecule has 0 atom stereocenters. The summed E-state index contributed by atoms with van der Waals surface area (Å²) in [6.07, 6.45) is -1.67. The van der Waals surface area contributed by atoms with Crippen molar-refractivity contribution in [3.63, 3.8) is 0 Å². The molecule has 2 aromatic carbocycles. The third kappa shape index (κ3) is 8.95. The third-order valence-corrected chi connectivity index (χ3v) is 5.84. The maximum atomic E-state index is 12.9. The van der Waals surface area contributed by atoms with Crippen LogP contribution in [0.1, 0.15) is 24.8 Å².